The van der Waals surface area contributed by atoms with Crippen molar-refractivity contribution in [3.05, 3.63) is 48.0 Å². The van der Waals surface area contributed by atoms with Crippen LogP contribution < -0.4 is 19.5 Å². The van der Waals surface area contributed by atoms with Crippen molar-refractivity contribution in [1.82, 2.24) is 4.90 Å². The number of benzene rings is 2. The number of carbonyl (C=O) groups is 2. The predicted molar refractivity (Wildman–Crippen MR) is 105 cm³/mol. The van der Waals surface area contributed by atoms with E-state index in [1.165, 1.54) is 6.92 Å². The average Bonchev–Trinajstić information content (AvgIpc) is 3.15. The number of para-hydroxylation sites is 1. The van der Waals surface area contributed by atoms with Crippen LogP contribution >= 0.6 is 0 Å². The molecule has 0 saturated carbocycles. The normalized spacial score (nSPS) is 11.8. The minimum atomic E-state index is -0.164. The Morgan fingerprint density at radius 3 is 2.68 bits per heavy atom. The van der Waals surface area contributed by atoms with Crippen LogP contribution in [-0.4, -0.2) is 43.7 Å². The van der Waals surface area contributed by atoms with Crippen LogP contribution in [0.3, 0.4) is 0 Å². The topological polar surface area (TPSA) is 77.1 Å². The molecular formula is C21H24N2O5. The first-order valence-electron chi connectivity index (χ1n) is 9.13. The molecule has 0 fully saturated rings. The van der Waals surface area contributed by atoms with Crippen LogP contribution in [0.2, 0.25) is 0 Å². The number of ether oxygens (including phenoxy) is 3. The molecule has 148 valence electrons. The number of hydrogen-bond donors (Lipinski definition) is 1. The maximum Gasteiger partial charge on any atom is 0.231 e. The maximum absolute atomic E-state index is 12.3. The summed E-state index contributed by atoms with van der Waals surface area (Å²) >= 11 is 0. The van der Waals surface area contributed by atoms with Crippen molar-refractivity contribution in [2.24, 2.45) is 0 Å². The van der Waals surface area contributed by atoms with Gasteiger partial charge in [0.25, 0.3) is 0 Å². The van der Waals surface area contributed by atoms with Crippen molar-refractivity contribution in [1.29, 1.82) is 0 Å². The van der Waals surface area contributed by atoms with Crippen molar-refractivity contribution < 1.29 is 23.8 Å². The number of rotatable bonds is 8. The fraction of sp³-hybridized carbons (Fsp3) is 0.333. The van der Waals surface area contributed by atoms with E-state index in [1.807, 2.05) is 24.3 Å². The van der Waals surface area contributed by atoms with E-state index in [0.717, 1.165) is 11.3 Å². The molecular weight excluding hydrogens is 360 g/mol. The van der Waals surface area contributed by atoms with Crippen molar-refractivity contribution >= 4 is 17.5 Å². The smallest absolute Gasteiger partial charge is 0.231 e. The molecule has 2 aromatic rings. The van der Waals surface area contributed by atoms with E-state index in [-0.39, 0.29) is 25.0 Å². The first kappa shape index (κ1) is 19.5. The fourth-order valence-corrected chi connectivity index (χ4v) is 3.03. The quantitative estimate of drug-likeness (QED) is 0.757. The summed E-state index contributed by atoms with van der Waals surface area (Å²) in [4.78, 5) is 25.9. The van der Waals surface area contributed by atoms with E-state index < -0.39 is 0 Å². The average molecular weight is 384 g/mol. The summed E-state index contributed by atoms with van der Waals surface area (Å²) in [5, 5.41) is 2.83. The first-order valence-corrected chi connectivity index (χ1v) is 9.13. The third-order valence-electron chi connectivity index (χ3n) is 4.55. The molecule has 1 aliphatic rings. The Morgan fingerprint density at radius 1 is 1.11 bits per heavy atom. The van der Waals surface area contributed by atoms with Crippen molar-refractivity contribution in [2.45, 2.75) is 19.8 Å². The second-order valence-corrected chi connectivity index (χ2v) is 6.43. The van der Waals surface area contributed by atoms with E-state index >= 15 is 0 Å². The highest BCUT2D eigenvalue weighted by molar-refractivity contribution is 5.91. The van der Waals surface area contributed by atoms with Gasteiger partial charge in [0.2, 0.25) is 18.6 Å². The summed E-state index contributed by atoms with van der Waals surface area (Å²) < 4.78 is 15.9. The van der Waals surface area contributed by atoms with Gasteiger partial charge in [0.1, 0.15) is 5.75 Å². The van der Waals surface area contributed by atoms with E-state index in [0.29, 0.717) is 36.7 Å². The molecule has 7 nitrogen and oxygen atoms in total. The van der Waals surface area contributed by atoms with Crippen molar-refractivity contribution in [3.63, 3.8) is 0 Å². The Morgan fingerprint density at radius 2 is 1.89 bits per heavy atom. The van der Waals surface area contributed by atoms with Crippen molar-refractivity contribution in [3.8, 4) is 17.2 Å². The lowest BCUT2D eigenvalue weighted by molar-refractivity contribution is -0.129. The first-order chi connectivity index (χ1) is 13.6. The molecule has 1 N–H and O–H groups in total. The SMILES string of the molecule is COc1ccccc1CCN(CCC(=O)Nc1ccc2c(c1)OCO2)C(C)=O. The Hall–Kier alpha value is -3.22. The fourth-order valence-electron chi connectivity index (χ4n) is 3.03. The molecule has 1 aliphatic heterocycles. The van der Waals surface area contributed by atoms with E-state index in [4.69, 9.17) is 14.2 Å². The predicted octanol–water partition coefficient (Wildman–Crippen LogP) is 2.84. The zero-order valence-corrected chi connectivity index (χ0v) is 16.1. The molecule has 2 amide bonds. The Kier molecular flexibility index (Phi) is 6.37. The van der Waals surface area contributed by atoms with Gasteiger partial charge in [-0.25, -0.2) is 0 Å². The van der Waals surface area contributed by atoms with Gasteiger partial charge in [-0.15, -0.1) is 0 Å². The van der Waals surface area contributed by atoms with Gasteiger partial charge in [0, 0.05) is 38.2 Å². The van der Waals surface area contributed by atoms with Gasteiger partial charge in [0.15, 0.2) is 11.5 Å². The van der Waals surface area contributed by atoms with Crippen LogP contribution in [0, 0.1) is 0 Å². The lowest BCUT2D eigenvalue weighted by Crippen LogP contribution is -2.33. The molecule has 7 heteroatoms. The molecule has 0 unspecified atom stereocenters. The van der Waals surface area contributed by atoms with Crippen LogP contribution in [-0.2, 0) is 16.0 Å². The highest BCUT2D eigenvalue weighted by atomic mass is 16.7. The monoisotopic (exact) mass is 384 g/mol. The number of amides is 2. The number of carbonyl (C=O) groups excluding carboxylic acids is 2. The zero-order chi connectivity index (χ0) is 19.9. The summed E-state index contributed by atoms with van der Waals surface area (Å²) in [5.74, 6) is 1.84. The van der Waals surface area contributed by atoms with Crippen LogP contribution in [0.1, 0.15) is 18.9 Å². The Bertz CT molecular complexity index is 852. The number of nitrogens with zero attached hydrogens (tertiary/aromatic N) is 1. The van der Waals surface area contributed by atoms with E-state index in [1.54, 1.807) is 30.2 Å². The summed E-state index contributed by atoms with van der Waals surface area (Å²) in [7, 11) is 1.63. The lowest BCUT2D eigenvalue weighted by Gasteiger charge is -2.21. The molecule has 0 aliphatic carbocycles. The molecule has 0 saturated heterocycles. The van der Waals surface area contributed by atoms with Crippen LogP contribution in [0.15, 0.2) is 42.5 Å². The number of fused-ring (bicyclic) bond motifs is 1. The molecule has 28 heavy (non-hydrogen) atoms. The minimum Gasteiger partial charge on any atom is -0.496 e. The van der Waals surface area contributed by atoms with Gasteiger partial charge in [0.05, 0.1) is 7.11 Å². The van der Waals surface area contributed by atoms with Gasteiger partial charge in [-0.3, -0.25) is 9.59 Å². The highest BCUT2D eigenvalue weighted by Gasteiger charge is 2.16. The molecule has 0 aromatic heterocycles. The molecule has 0 bridgehead atoms. The molecule has 3 rings (SSSR count). The van der Waals surface area contributed by atoms with Gasteiger partial charge >= 0.3 is 0 Å². The molecule has 2 aromatic carbocycles. The minimum absolute atomic E-state index is 0.0641. The van der Waals surface area contributed by atoms with Gasteiger partial charge in [-0.2, -0.15) is 0 Å². The summed E-state index contributed by atoms with van der Waals surface area (Å²) in [6.45, 7) is 2.57. The third-order valence-corrected chi connectivity index (χ3v) is 4.55. The molecule has 0 atom stereocenters. The Balaban J connectivity index is 1.51. The van der Waals surface area contributed by atoms with Crippen LogP contribution in [0.4, 0.5) is 5.69 Å². The van der Waals surface area contributed by atoms with Gasteiger partial charge < -0.3 is 24.4 Å². The van der Waals surface area contributed by atoms with Crippen LogP contribution in [0.5, 0.6) is 17.2 Å². The standard InChI is InChI=1S/C21H24N2O5/c1-15(24)23(11-9-16-5-3-4-6-18(16)26-2)12-10-21(25)22-17-7-8-19-20(13-17)28-14-27-19/h3-8,13H,9-12,14H2,1-2H3,(H,22,25). The van der Waals surface area contributed by atoms with Crippen LogP contribution in [0.25, 0.3) is 0 Å². The maximum atomic E-state index is 12.3. The number of methoxy groups -OCH3 is 1. The number of hydrogen-bond acceptors (Lipinski definition) is 5. The highest BCUT2D eigenvalue weighted by Crippen LogP contribution is 2.34. The van der Waals surface area contributed by atoms with E-state index in [2.05, 4.69) is 5.32 Å². The molecule has 1 heterocycles. The lowest BCUT2D eigenvalue weighted by atomic mass is 10.1. The van der Waals surface area contributed by atoms with Gasteiger partial charge in [-0.05, 0) is 30.2 Å². The molecule has 0 radical (unpaired) electrons. The summed E-state index contributed by atoms with van der Waals surface area (Å²) in [5.41, 5.74) is 1.67. The molecule has 0 spiro atoms. The van der Waals surface area contributed by atoms with Gasteiger partial charge in [-0.1, -0.05) is 18.2 Å². The van der Waals surface area contributed by atoms with Crippen molar-refractivity contribution in [2.75, 3.05) is 32.3 Å². The number of anilines is 1. The second-order valence-electron chi connectivity index (χ2n) is 6.43. The summed E-state index contributed by atoms with van der Waals surface area (Å²) in [6, 6.07) is 13.0. The third kappa shape index (κ3) is 4.94. The zero-order valence-electron chi connectivity index (χ0n) is 16.1. The Labute approximate surface area is 164 Å². The number of nitrogens with one attached hydrogen (secondary N) is 1. The largest absolute Gasteiger partial charge is 0.496 e. The second kappa shape index (κ2) is 9.12. The summed E-state index contributed by atoms with van der Waals surface area (Å²) in [6.07, 6.45) is 0.868. The van der Waals surface area contributed by atoms with E-state index in [9.17, 15) is 9.59 Å².